The predicted molar refractivity (Wildman–Crippen MR) is 73.1 cm³/mol. The van der Waals surface area contributed by atoms with E-state index in [0.717, 1.165) is 0 Å². The van der Waals surface area contributed by atoms with Gasteiger partial charge in [0.1, 0.15) is 24.7 Å². The Morgan fingerprint density at radius 2 is 2.10 bits per heavy atom. The summed E-state index contributed by atoms with van der Waals surface area (Å²) in [4.78, 5) is 28.1. The zero-order valence-corrected chi connectivity index (χ0v) is 12.1. The molecule has 0 aliphatic carbocycles. The van der Waals surface area contributed by atoms with Crippen LogP contribution >= 0.6 is 11.3 Å². The second-order valence-electron chi connectivity index (χ2n) is 5.13. The summed E-state index contributed by atoms with van der Waals surface area (Å²) in [5.41, 5.74) is 0. The molecular weight excluding hydrogens is 296 g/mol. The van der Waals surface area contributed by atoms with Crippen LogP contribution in [0, 0.1) is 0 Å². The number of nitrogens with zero attached hydrogens (tertiary/aromatic N) is 2. The monoisotopic (exact) mass is 310 g/mol. The van der Waals surface area contributed by atoms with Gasteiger partial charge in [-0.15, -0.1) is 11.3 Å². The fourth-order valence-corrected chi connectivity index (χ4v) is 3.72. The summed E-state index contributed by atoms with van der Waals surface area (Å²) in [5, 5.41) is 1.81. The van der Waals surface area contributed by atoms with Gasteiger partial charge in [0.15, 0.2) is 11.5 Å². The van der Waals surface area contributed by atoms with Crippen LogP contribution in [0.3, 0.4) is 0 Å². The summed E-state index contributed by atoms with van der Waals surface area (Å²) in [5.74, 6) is 1.13. The maximum atomic E-state index is 12.7. The van der Waals surface area contributed by atoms with Crippen LogP contribution in [0.1, 0.15) is 9.67 Å². The summed E-state index contributed by atoms with van der Waals surface area (Å²) in [6.45, 7) is 2.85. The number of rotatable bonds is 1. The van der Waals surface area contributed by atoms with E-state index in [-0.39, 0.29) is 18.0 Å². The zero-order valence-electron chi connectivity index (χ0n) is 11.2. The van der Waals surface area contributed by atoms with Crippen LogP contribution in [-0.4, -0.2) is 67.3 Å². The summed E-state index contributed by atoms with van der Waals surface area (Å²) in [6, 6.07) is -0.0387. The lowest BCUT2D eigenvalue weighted by atomic mass is 10.2. The molecule has 1 atom stereocenters. The molecule has 1 aromatic rings. The van der Waals surface area contributed by atoms with Crippen LogP contribution in [0.25, 0.3) is 0 Å². The average molecular weight is 310 g/mol. The van der Waals surface area contributed by atoms with Gasteiger partial charge in [-0.1, -0.05) is 0 Å². The van der Waals surface area contributed by atoms with Crippen molar-refractivity contribution >= 4 is 23.3 Å². The smallest absolute Gasteiger partial charge is 0.410 e. The molecule has 2 amide bonds. The Hall–Kier alpha value is -1.96. The highest BCUT2D eigenvalue weighted by Crippen LogP contribution is 2.40. The third kappa shape index (κ3) is 2.01. The van der Waals surface area contributed by atoms with Crippen molar-refractivity contribution in [3.63, 3.8) is 0 Å². The number of amides is 2. The average Bonchev–Trinajstić information content (AvgIpc) is 3.10. The van der Waals surface area contributed by atoms with Gasteiger partial charge in [0.25, 0.3) is 5.91 Å². The Labute approximate surface area is 125 Å². The summed E-state index contributed by atoms with van der Waals surface area (Å²) >= 11 is 1.34. The van der Waals surface area contributed by atoms with Gasteiger partial charge in [-0.05, 0) is 0 Å². The maximum Gasteiger partial charge on any atom is 0.410 e. The first-order valence-electron chi connectivity index (χ1n) is 6.84. The number of piperazine rings is 1. The summed E-state index contributed by atoms with van der Waals surface area (Å²) in [6.07, 6.45) is -0.280. The van der Waals surface area contributed by atoms with Gasteiger partial charge >= 0.3 is 6.09 Å². The number of hydrogen-bond donors (Lipinski definition) is 0. The molecule has 1 aromatic heterocycles. The van der Waals surface area contributed by atoms with E-state index in [4.69, 9.17) is 14.2 Å². The number of ether oxygens (including phenoxy) is 3. The molecule has 4 rings (SSSR count). The third-order valence-electron chi connectivity index (χ3n) is 3.90. The van der Waals surface area contributed by atoms with Crippen molar-refractivity contribution in [1.29, 1.82) is 0 Å². The highest BCUT2D eigenvalue weighted by Gasteiger charge is 2.39. The number of fused-ring (bicyclic) bond motifs is 2. The van der Waals surface area contributed by atoms with Crippen molar-refractivity contribution in [3.8, 4) is 11.5 Å². The molecule has 0 radical (unpaired) electrons. The van der Waals surface area contributed by atoms with Crippen molar-refractivity contribution in [2.45, 2.75) is 6.04 Å². The zero-order chi connectivity index (χ0) is 14.4. The molecule has 2 saturated heterocycles. The van der Waals surface area contributed by atoms with E-state index in [1.807, 2.05) is 0 Å². The molecule has 3 aliphatic rings. The standard InChI is InChI=1S/C13H14N2O5S/c16-12(11-10-9(7-21-11)18-3-4-19-10)14-1-2-15-8(5-14)6-20-13(15)17/h7-8H,1-6H2/t8-/m1/s1. The van der Waals surface area contributed by atoms with Crippen molar-refractivity contribution in [2.75, 3.05) is 39.5 Å². The van der Waals surface area contributed by atoms with Gasteiger partial charge in [-0.3, -0.25) is 9.69 Å². The second kappa shape index (κ2) is 4.80. The van der Waals surface area contributed by atoms with Crippen LogP contribution < -0.4 is 9.47 Å². The maximum absolute atomic E-state index is 12.7. The van der Waals surface area contributed by atoms with Crippen LogP contribution in [0.4, 0.5) is 4.79 Å². The van der Waals surface area contributed by atoms with Gasteiger partial charge in [0, 0.05) is 25.0 Å². The topological polar surface area (TPSA) is 68.3 Å². The minimum atomic E-state index is -0.280. The van der Waals surface area contributed by atoms with Gasteiger partial charge < -0.3 is 19.1 Å². The van der Waals surface area contributed by atoms with Crippen LogP contribution in [0.15, 0.2) is 5.38 Å². The van der Waals surface area contributed by atoms with E-state index in [1.165, 1.54) is 11.3 Å². The molecule has 0 N–H and O–H groups in total. The number of carbonyl (C=O) groups excluding carboxylic acids is 2. The largest absolute Gasteiger partial charge is 0.485 e. The molecule has 21 heavy (non-hydrogen) atoms. The van der Waals surface area contributed by atoms with Crippen molar-refractivity contribution < 1.29 is 23.8 Å². The normalized spacial score (nSPS) is 23.8. The van der Waals surface area contributed by atoms with E-state index in [0.29, 0.717) is 55.8 Å². The lowest BCUT2D eigenvalue weighted by Crippen LogP contribution is -2.53. The quantitative estimate of drug-likeness (QED) is 0.767. The van der Waals surface area contributed by atoms with Gasteiger partial charge in [-0.2, -0.15) is 0 Å². The summed E-state index contributed by atoms with van der Waals surface area (Å²) < 4.78 is 16.0. The Morgan fingerprint density at radius 1 is 1.24 bits per heavy atom. The molecule has 2 fully saturated rings. The van der Waals surface area contributed by atoms with Crippen LogP contribution in [0.2, 0.25) is 0 Å². The third-order valence-corrected chi connectivity index (χ3v) is 4.83. The lowest BCUT2D eigenvalue weighted by Gasteiger charge is -2.35. The molecule has 8 heteroatoms. The molecule has 0 aromatic carbocycles. The first kappa shape index (κ1) is 12.8. The fraction of sp³-hybridized carbons (Fsp3) is 0.538. The number of cyclic esters (lactones) is 1. The van der Waals surface area contributed by atoms with E-state index < -0.39 is 0 Å². The van der Waals surface area contributed by atoms with Crippen LogP contribution in [0.5, 0.6) is 11.5 Å². The molecule has 4 heterocycles. The molecule has 0 unspecified atom stereocenters. The molecule has 0 saturated carbocycles. The SMILES string of the molecule is O=C(c1scc2c1OCCO2)N1CCN2C(=O)OC[C@H]2C1. The van der Waals surface area contributed by atoms with Gasteiger partial charge in [0.05, 0.1) is 6.04 Å². The van der Waals surface area contributed by atoms with Crippen molar-refractivity contribution in [2.24, 2.45) is 0 Å². The molecule has 112 valence electrons. The minimum Gasteiger partial charge on any atom is -0.485 e. The molecule has 7 nitrogen and oxygen atoms in total. The number of hydrogen-bond acceptors (Lipinski definition) is 6. The van der Waals surface area contributed by atoms with E-state index in [2.05, 4.69) is 0 Å². The van der Waals surface area contributed by atoms with Crippen molar-refractivity contribution in [3.05, 3.63) is 10.3 Å². The van der Waals surface area contributed by atoms with E-state index >= 15 is 0 Å². The Morgan fingerprint density at radius 3 is 3.00 bits per heavy atom. The van der Waals surface area contributed by atoms with Gasteiger partial charge in [0.2, 0.25) is 0 Å². The van der Waals surface area contributed by atoms with E-state index in [9.17, 15) is 9.59 Å². The molecule has 0 spiro atoms. The highest BCUT2D eigenvalue weighted by molar-refractivity contribution is 7.12. The Kier molecular flexibility index (Phi) is 2.91. The first-order valence-corrected chi connectivity index (χ1v) is 7.72. The predicted octanol–water partition coefficient (Wildman–Crippen LogP) is 0.796. The van der Waals surface area contributed by atoms with Gasteiger partial charge in [-0.25, -0.2) is 4.79 Å². The molecular formula is C13H14N2O5S. The molecule has 0 bridgehead atoms. The Bertz CT molecular complexity index is 601. The highest BCUT2D eigenvalue weighted by atomic mass is 32.1. The van der Waals surface area contributed by atoms with Crippen LogP contribution in [-0.2, 0) is 4.74 Å². The number of carbonyl (C=O) groups is 2. The fourth-order valence-electron chi connectivity index (χ4n) is 2.83. The van der Waals surface area contributed by atoms with Crippen molar-refractivity contribution in [1.82, 2.24) is 9.80 Å². The lowest BCUT2D eigenvalue weighted by molar-refractivity contribution is 0.0614. The first-order chi connectivity index (χ1) is 10.2. The second-order valence-corrected chi connectivity index (χ2v) is 6.01. The summed E-state index contributed by atoms with van der Waals surface area (Å²) in [7, 11) is 0. The van der Waals surface area contributed by atoms with E-state index in [1.54, 1.807) is 15.2 Å². The number of thiophene rings is 1. The molecule has 3 aliphatic heterocycles. The Balaban J connectivity index is 1.53. The minimum absolute atomic E-state index is 0.0387.